The van der Waals surface area contributed by atoms with E-state index in [2.05, 4.69) is 10.3 Å². The van der Waals surface area contributed by atoms with Crippen molar-refractivity contribution in [3.05, 3.63) is 22.6 Å². The molecule has 2 N–H and O–H groups in total. The van der Waals surface area contributed by atoms with E-state index in [9.17, 15) is 9.90 Å². The number of hydrogen-bond acceptors (Lipinski definition) is 6. The van der Waals surface area contributed by atoms with Gasteiger partial charge in [0, 0.05) is 0 Å². The van der Waals surface area contributed by atoms with E-state index in [1.165, 1.54) is 38.8 Å². The zero-order chi connectivity index (χ0) is 17.1. The van der Waals surface area contributed by atoms with Gasteiger partial charge in [-0.15, -0.1) is 0 Å². The Morgan fingerprint density at radius 2 is 1.88 bits per heavy atom. The second-order valence-electron chi connectivity index (χ2n) is 5.71. The molecule has 2 fully saturated rings. The Labute approximate surface area is 144 Å². The lowest BCUT2D eigenvalue weighted by atomic mass is 10.1. The molecule has 7 heteroatoms. The number of carbonyl (C=O) groups is 1. The molecule has 0 spiro atoms. The number of phenols is 1. The molecule has 1 amide bonds. The molecule has 1 aromatic carbocycles. The van der Waals surface area contributed by atoms with Crippen LogP contribution in [0.1, 0.15) is 31.2 Å². The highest BCUT2D eigenvalue weighted by Crippen LogP contribution is 2.38. The lowest BCUT2D eigenvalue weighted by molar-refractivity contribution is -0.115. The van der Waals surface area contributed by atoms with Crippen molar-refractivity contribution in [1.29, 1.82) is 0 Å². The van der Waals surface area contributed by atoms with E-state index in [4.69, 9.17) is 9.47 Å². The summed E-state index contributed by atoms with van der Waals surface area (Å²) in [7, 11) is 2.93. The van der Waals surface area contributed by atoms with Gasteiger partial charge in [0.2, 0.25) is 5.75 Å². The topological polar surface area (TPSA) is 80.2 Å². The smallest absolute Gasteiger partial charge is 0.264 e. The molecule has 1 saturated heterocycles. The van der Waals surface area contributed by atoms with Gasteiger partial charge in [-0.1, -0.05) is 12.8 Å². The van der Waals surface area contributed by atoms with Crippen LogP contribution in [0.15, 0.2) is 22.0 Å². The molecule has 2 aliphatic rings. The summed E-state index contributed by atoms with van der Waals surface area (Å²) in [5, 5.41) is 13.4. The largest absolute Gasteiger partial charge is 0.502 e. The van der Waals surface area contributed by atoms with Gasteiger partial charge in [-0.25, -0.2) is 0 Å². The van der Waals surface area contributed by atoms with Crippen LogP contribution in [-0.2, 0) is 4.79 Å². The lowest BCUT2D eigenvalue weighted by Crippen LogP contribution is -2.21. The van der Waals surface area contributed by atoms with Crippen LogP contribution < -0.4 is 14.8 Å². The van der Waals surface area contributed by atoms with Crippen molar-refractivity contribution >= 4 is 28.9 Å². The molecule has 1 aliphatic carbocycles. The first-order valence-electron chi connectivity index (χ1n) is 7.84. The van der Waals surface area contributed by atoms with Gasteiger partial charge < -0.3 is 19.9 Å². The molecule has 1 aliphatic heterocycles. The molecule has 128 valence electrons. The number of carbonyl (C=O) groups excluding carboxylic acids is 1. The highest BCUT2D eigenvalue weighted by atomic mass is 32.2. The summed E-state index contributed by atoms with van der Waals surface area (Å²) < 4.78 is 10.3. The molecule has 6 nitrogen and oxygen atoms in total. The van der Waals surface area contributed by atoms with E-state index in [0.29, 0.717) is 33.2 Å². The fourth-order valence-corrected chi connectivity index (χ4v) is 3.73. The van der Waals surface area contributed by atoms with Gasteiger partial charge in [0.1, 0.15) is 0 Å². The number of methoxy groups -OCH3 is 2. The molecule has 1 heterocycles. The predicted octanol–water partition coefficient (Wildman–Crippen LogP) is 2.91. The zero-order valence-corrected chi connectivity index (χ0v) is 14.5. The quantitative estimate of drug-likeness (QED) is 0.818. The number of aromatic hydroxyl groups is 1. The van der Waals surface area contributed by atoms with E-state index in [0.717, 1.165) is 12.8 Å². The van der Waals surface area contributed by atoms with E-state index in [1.54, 1.807) is 18.2 Å². The molecular formula is C17H20N2O4S. The second-order valence-corrected chi connectivity index (χ2v) is 6.74. The number of ether oxygens (including phenoxy) is 2. The van der Waals surface area contributed by atoms with Crippen molar-refractivity contribution < 1.29 is 19.4 Å². The number of amides is 1. The number of benzene rings is 1. The van der Waals surface area contributed by atoms with Gasteiger partial charge in [0.25, 0.3) is 5.91 Å². The van der Waals surface area contributed by atoms with Crippen molar-refractivity contribution in [2.24, 2.45) is 4.99 Å². The molecule has 1 saturated carbocycles. The van der Waals surface area contributed by atoms with E-state index < -0.39 is 0 Å². The summed E-state index contributed by atoms with van der Waals surface area (Å²) in [4.78, 5) is 17.3. The van der Waals surface area contributed by atoms with Crippen molar-refractivity contribution in [3.8, 4) is 17.2 Å². The fourth-order valence-electron chi connectivity index (χ4n) is 2.84. The third kappa shape index (κ3) is 3.51. The number of aliphatic imine (C=N–C) groups is 1. The summed E-state index contributed by atoms with van der Waals surface area (Å²) in [6.07, 6.45) is 6.32. The van der Waals surface area contributed by atoms with Crippen LogP contribution in [0.25, 0.3) is 6.08 Å². The summed E-state index contributed by atoms with van der Waals surface area (Å²) >= 11 is 1.34. The molecule has 0 radical (unpaired) electrons. The maximum Gasteiger partial charge on any atom is 0.264 e. The molecule has 24 heavy (non-hydrogen) atoms. The third-order valence-corrected chi connectivity index (χ3v) is 5.00. The average Bonchev–Trinajstić information content (AvgIpc) is 3.19. The number of nitrogens with zero attached hydrogens (tertiary/aromatic N) is 1. The Balaban J connectivity index is 1.84. The maximum atomic E-state index is 12.1. The number of hydrogen-bond donors (Lipinski definition) is 2. The minimum Gasteiger partial charge on any atom is -0.502 e. The molecule has 1 aromatic rings. The highest BCUT2D eigenvalue weighted by molar-refractivity contribution is 8.18. The highest BCUT2D eigenvalue weighted by Gasteiger charge is 2.26. The molecular weight excluding hydrogens is 328 g/mol. The summed E-state index contributed by atoms with van der Waals surface area (Å²) in [5.41, 5.74) is 0.710. The van der Waals surface area contributed by atoms with Gasteiger partial charge in [0.15, 0.2) is 16.7 Å². The SMILES string of the molecule is COc1cc(C=C2SC(=NC3CCCC3)NC2=O)cc(OC)c1O. The minimum absolute atomic E-state index is 0.0610. The van der Waals surface area contributed by atoms with Crippen LogP contribution in [0.5, 0.6) is 17.2 Å². The van der Waals surface area contributed by atoms with Crippen LogP contribution in [0.3, 0.4) is 0 Å². The molecule has 0 aromatic heterocycles. The van der Waals surface area contributed by atoms with Crippen LogP contribution in [0.2, 0.25) is 0 Å². The Hall–Kier alpha value is -2.15. The third-order valence-electron chi connectivity index (χ3n) is 4.08. The standard InChI is InChI=1S/C17H20N2O4S/c1-22-12-7-10(8-13(23-2)15(12)20)9-14-16(21)19-17(24-14)18-11-5-3-4-6-11/h7-9,11,20H,3-6H2,1-2H3,(H,18,19,21). The molecule has 0 atom stereocenters. The Morgan fingerprint density at radius 1 is 1.25 bits per heavy atom. The number of nitrogens with one attached hydrogen (secondary N) is 1. The molecule has 0 unspecified atom stereocenters. The summed E-state index contributed by atoms with van der Waals surface area (Å²) in [6, 6.07) is 3.64. The predicted molar refractivity (Wildman–Crippen MR) is 94.6 cm³/mol. The van der Waals surface area contributed by atoms with Crippen LogP contribution >= 0.6 is 11.8 Å². The van der Waals surface area contributed by atoms with E-state index in [-0.39, 0.29) is 11.7 Å². The first-order chi connectivity index (χ1) is 11.6. The average molecular weight is 348 g/mol. The van der Waals surface area contributed by atoms with E-state index >= 15 is 0 Å². The Kier molecular flexibility index (Phi) is 4.99. The van der Waals surface area contributed by atoms with Crippen LogP contribution in [-0.4, -0.2) is 36.4 Å². The first-order valence-corrected chi connectivity index (χ1v) is 8.66. The molecule has 0 bridgehead atoms. The Bertz CT molecular complexity index is 684. The summed E-state index contributed by atoms with van der Waals surface area (Å²) in [5.74, 6) is 0.366. The zero-order valence-electron chi connectivity index (χ0n) is 13.7. The number of phenolic OH excluding ortho intramolecular Hbond substituents is 1. The van der Waals surface area contributed by atoms with Crippen molar-refractivity contribution in [3.63, 3.8) is 0 Å². The van der Waals surface area contributed by atoms with E-state index in [1.807, 2.05) is 0 Å². The first kappa shape index (κ1) is 16.7. The fraction of sp³-hybridized carbons (Fsp3) is 0.412. The number of amidine groups is 1. The van der Waals surface area contributed by atoms with Gasteiger partial charge in [-0.2, -0.15) is 0 Å². The second kappa shape index (κ2) is 7.17. The Morgan fingerprint density at radius 3 is 2.46 bits per heavy atom. The minimum atomic E-state index is -0.164. The maximum absolute atomic E-state index is 12.1. The monoisotopic (exact) mass is 348 g/mol. The summed E-state index contributed by atoms with van der Waals surface area (Å²) in [6.45, 7) is 0. The van der Waals surface area contributed by atoms with Crippen molar-refractivity contribution in [1.82, 2.24) is 5.32 Å². The van der Waals surface area contributed by atoms with Crippen molar-refractivity contribution in [2.45, 2.75) is 31.7 Å². The van der Waals surface area contributed by atoms with Crippen molar-refractivity contribution in [2.75, 3.05) is 14.2 Å². The number of rotatable bonds is 4. The normalized spacial score (nSPS) is 21.5. The van der Waals surface area contributed by atoms with Gasteiger partial charge >= 0.3 is 0 Å². The van der Waals surface area contributed by atoms with Gasteiger partial charge in [0.05, 0.1) is 25.2 Å². The lowest BCUT2D eigenvalue weighted by Gasteiger charge is -2.09. The molecule has 3 rings (SSSR count). The van der Waals surface area contributed by atoms with Gasteiger partial charge in [-0.05, 0) is 48.4 Å². The van der Waals surface area contributed by atoms with Crippen LogP contribution in [0, 0.1) is 0 Å². The van der Waals surface area contributed by atoms with Gasteiger partial charge in [-0.3, -0.25) is 9.79 Å². The van der Waals surface area contributed by atoms with Crippen LogP contribution in [0.4, 0.5) is 0 Å². The number of thioether (sulfide) groups is 1.